The summed E-state index contributed by atoms with van der Waals surface area (Å²) in [6.45, 7) is 7.38. The molecule has 100 valence electrons. The van der Waals surface area contributed by atoms with Crippen LogP contribution >= 0.6 is 0 Å². The summed E-state index contributed by atoms with van der Waals surface area (Å²) in [6.07, 6.45) is 1.06. The second-order valence-electron chi connectivity index (χ2n) is 4.48. The summed E-state index contributed by atoms with van der Waals surface area (Å²) in [6, 6.07) is 4.87. The van der Waals surface area contributed by atoms with Gasteiger partial charge in [0.2, 0.25) is 0 Å². The number of anilines is 1. The number of rotatable bonds is 7. The lowest BCUT2D eigenvalue weighted by Gasteiger charge is -2.10. The van der Waals surface area contributed by atoms with Crippen LogP contribution in [0, 0.1) is 16.0 Å². The zero-order valence-electron chi connectivity index (χ0n) is 11.1. The molecule has 0 spiro atoms. The van der Waals surface area contributed by atoms with Crippen molar-refractivity contribution in [1.82, 2.24) is 0 Å². The van der Waals surface area contributed by atoms with Crippen molar-refractivity contribution in [2.75, 3.05) is 18.5 Å². The Morgan fingerprint density at radius 3 is 2.72 bits per heavy atom. The van der Waals surface area contributed by atoms with Gasteiger partial charge in [0.05, 0.1) is 11.5 Å². The van der Waals surface area contributed by atoms with E-state index in [0.29, 0.717) is 18.3 Å². The molecule has 1 aromatic rings. The molecule has 1 N–H and O–H groups in total. The second kappa shape index (κ2) is 6.83. The van der Waals surface area contributed by atoms with Crippen molar-refractivity contribution in [3.8, 4) is 5.75 Å². The van der Waals surface area contributed by atoms with E-state index in [1.54, 1.807) is 12.1 Å². The molecule has 0 saturated carbocycles. The fraction of sp³-hybridized carbons (Fsp3) is 0.538. The molecule has 18 heavy (non-hydrogen) atoms. The zero-order chi connectivity index (χ0) is 13.5. The molecule has 1 aromatic carbocycles. The van der Waals surface area contributed by atoms with Gasteiger partial charge >= 0.3 is 5.69 Å². The third-order valence-electron chi connectivity index (χ3n) is 2.51. The first-order chi connectivity index (χ1) is 8.54. The maximum atomic E-state index is 10.8. The van der Waals surface area contributed by atoms with E-state index in [1.807, 2.05) is 6.92 Å². The summed E-state index contributed by atoms with van der Waals surface area (Å²) >= 11 is 0. The molecule has 1 rings (SSSR count). The summed E-state index contributed by atoms with van der Waals surface area (Å²) in [4.78, 5) is 10.4. The second-order valence-corrected chi connectivity index (χ2v) is 4.48. The van der Waals surface area contributed by atoms with Crippen LogP contribution in [-0.4, -0.2) is 18.1 Å². The number of nitrogens with zero attached hydrogens (tertiary/aromatic N) is 1. The van der Waals surface area contributed by atoms with Crippen LogP contribution in [0.5, 0.6) is 5.75 Å². The average Bonchev–Trinajstić information content (AvgIpc) is 2.29. The Bertz CT molecular complexity index is 405. The van der Waals surface area contributed by atoms with E-state index in [4.69, 9.17) is 4.74 Å². The Hall–Kier alpha value is -1.78. The maximum absolute atomic E-state index is 10.8. The number of nitro groups is 1. The zero-order valence-corrected chi connectivity index (χ0v) is 11.1. The van der Waals surface area contributed by atoms with Crippen LogP contribution in [-0.2, 0) is 0 Å². The van der Waals surface area contributed by atoms with E-state index in [0.717, 1.165) is 18.7 Å². The van der Waals surface area contributed by atoms with E-state index in [9.17, 15) is 10.1 Å². The minimum Gasteiger partial charge on any atom is -0.487 e. The van der Waals surface area contributed by atoms with E-state index in [2.05, 4.69) is 19.2 Å². The van der Waals surface area contributed by atoms with Gasteiger partial charge in [-0.1, -0.05) is 13.8 Å². The van der Waals surface area contributed by atoms with Gasteiger partial charge in [-0.3, -0.25) is 10.1 Å². The molecule has 0 aliphatic rings. The molecule has 0 aromatic heterocycles. The SMILES string of the molecule is CCOc1cc(NCCC(C)C)ccc1[N+](=O)[O-]. The van der Waals surface area contributed by atoms with Crippen molar-refractivity contribution in [3.05, 3.63) is 28.3 Å². The quantitative estimate of drug-likeness (QED) is 0.596. The van der Waals surface area contributed by atoms with Crippen LogP contribution in [0.15, 0.2) is 18.2 Å². The topological polar surface area (TPSA) is 64.4 Å². The summed E-state index contributed by atoms with van der Waals surface area (Å²) in [5.41, 5.74) is 0.857. The molecule has 0 heterocycles. The highest BCUT2D eigenvalue weighted by molar-refractivity contribution is 5.57. The maximum Gasteiger partial charge on any atom is 0.311 e. The monoisotopic (exact) mass is 252 g/mol. The molecule has 0 atom stereocenters. The van der Waals surface area contributed by atoms with Crippen LogP contribution in [0.3, 0.4) is 0 Å². The predicted molar refractivity (Wildman–Crippen MR) is 72.2 cm³/mol. The number of benzene rings is 1. The molecule has 0 aliphatic carbocycles. The Labute approximate surface area is 107 Å². The van der Waals surface area contributed by atoms with Crippen LogP contribution < -0.4 is 10.1 Å². The lowest BCUT2D eigenvalue weighted by Crippen LogP contribution is -2.05. The van der Waals surface area contributed by atoms with Crippen molar-refractivity contribution in [2.24, 2.45) is 5.92 Å². The Balaban J connectivity index is 2.76. The largest absolute Gasteiger partial charge is 0.487 e. The van der Waals surface area contributed by atoms with Crippen molar-refractivity contribution < 1.29 is 9.66 Å². The summed E-state index contributed by atoms with van der Waals surface area (Å²) < 4.78 is 5.28. The fourth-order valence-corrected chi connectivity index (χ4v) is 1.55. The molecular weight excluding hydrogens is 232 g/mol. The highest BCUT2D eigenvalue weighted by Gasteiger charge is 2.15. The number of ether oxygens (including phenoxy) is 1. The molecule has 0 amide bonds. The van der Waals surface area contributed by atoms with E-state index in [-0.39, 0.29) is 5.69 Å². The highest BCUT2D eigenvalue weighted by atomic mass is 16.6. The Morgan fingerprint density at radius 2 is 2.17 bits per heavy atom. The fourth-order valence-electron chi connectivity index (χ4n) is 1.55. The first-order valence-corrected chi connectivity index (χ1v) is 6.19. The van der Waals surface area contributed by atoms with E-state index in [1.165, 1.54) is 6.07 Å². The van der Waals surface area contributed by atoms with Gasteiger partial charge < -0.3 is 10.1 Å². The van der Waals surface area contributed by atoms with Crippen LogP contribution in [0.4, 0.5) is 11.4 Å². The minimum absolute atomic E-state index is 0.00580. The van der Waals surface area contributed by atoms with Crippen molar-refractivity contribution >= 4 is 11.4 Å². The van der Waals surface area contributed by atoms with Crippen LogP contribution in [0.25, 0.3) is 0 Å². The predicted octanol–water partition coefficient (Wildman–Crippen LogP) is 3.45. The van der Waals surface area contributed by atoms with Crippen molar-refractivity contribution in [3.63, 3.8) is 0 Å². The lowest BCUT2D eigenvalue weighted by atomic mass is 10.1. The van der Waals surface area contributed by atoms with Gasteiger partial charge in [-0.25, -0.2) is 0 Å². The number of hydrogen-bond acceptors (Lipinski definition) is 4. The van der Waals surface area contributed by atoms with Crippen LogP contribution in [0.2, 0.25) is 0 Å². The van der Waals surface area contributed by atoms with Gasteiger partial charge in [0.1, 0.15) is 0 Å². The standard InChI is InChI=1S/C13H20N2O3/c1-4-18-13-9-11(14-8-7-10(2)3)5-6-12(13)15(16)17/h5-6,9-10,14H,4,7-8H2,1-3H3. The Kier molecular flexibility index (Phi) is 5.42. The minimum atomic E-state index is -0.428. The van der Waals surface area contributed by atoms with E-state index >= 15 is 0 Å². The molecule has 0 aliphatic heterocycles. The smallest absolute Gasteiger partial charge is 0.311 e. The van der Waals surface area contributed by atoms with Gasteiger partial charge in [-0.2, -0.15) is 0 Å². The van der Waals surface area contributed by atoms with Gasteiger partial charge in [-0.05, 0) is 25.3 Å². The number of hydrogen-bond donors (Lipinski definition) is 1. The summed E-state index contributed by atoms with van der Waals surface area (Å²) in [5, 5.41) is 14.1. The highest BCUT2D eigenvalue weighted by Crippen LogP contribution is 2.30. The molecule has 5 nitrogen and oxygen atoms in total. The van der Waals surface area contributed by atoms with Crippen LogP contribution in [0.1, 0.15) is 27.2 Å². The van der Waals surface area contributed by atoms with Crippen molar-refractivity contribution in [2.45, 2.75) is 27.2 Å². The molecule has 0 unspecified atom stereocenters. The molecular formula is C13H20N2O3. The molecule has 0 saturated heterocycles. The summed E-state index contributed by atoms with van der Waals surface area (Å²) in [5.74, 6) is 0.943. The first-order valence-electron chi connectivity index (χ1n) is 6.19. The Morgan fingerprint density at radius 1 is 1.44 bits per heavy atom. The average molecular weight is 252 g/mol. The molecule has 5 heteroatoms. The third kappa shape index (κ3) is 4.24. The molecule has 0 fully saturated rings. The van der Waals surface area contributed by atoms with Gasteiger partial charge in [-0.15, -0.1) is 0 Å². The molecule has 0 radical (unpaired) electrons. The van der Waals surface area contributed by atoms with Gasteiger partial charge in [0, 0.05) is 24.4 Å². The van der Waals surface area contributed by atoms with E-state index < -0.39 is 4.92 Å². The third-order valence-corrected chi connectivity index (χ3v) is 2.51. The lowest BCUT2D eigenvalue weighted by molar-refractivity contribution is -0.385. The first kappa shape index (κ1) is 14.3. The summed E-state index contributed by atoms with van der Waals surface area (Å²) in [7, 11) is 0. The normalized spacial score (nSPS) is 10.4. The van der Waals surface area contributed by atoms with Gasteiger partial charge in [0.25, 0.3) is 0 Å². The van der Waals surface area contributed by atoms with Crippen molar-refractivity contribution in [1.29, 1.82) is 0 Å². The number of nitrogens with one attached hydrogen (secondary N) is 1. The molecule has 0 bridgehead atoms. The van der Waals surface area contributed by atoms with Gasteiger partial charge in [0.15, 0.2) is 5.75 Å². The number of nitro benzene ring substituents is 1.